The van der Waals surface area contributed by atoms with Crippen LogP contribution in [0.3, 0.4) is 0 Å². The van der Waals surface area contributed by atoms with Gasteiger partial charge in [0.1, 0.15) is 11.3 Å². The molecule has 2 aliphatic carbocycles. The van der Waals surface area contributed by atoms with Crippen molar-refractivity contribution < 1.29 is 18.7 Å². The van der Waals surface area contributed by atoms with Crippen molar-refractivity contribution in [1.29, 1.82) is 0 Å². The van der Waals surface area contributed by atoms with Gasteiger partial charge >= 0.3 is 0 Å². The summed E-state index contributed by atoms with van der Waals surface area (Å²) >= 11 is 6.40. The number of fused-ring (bicyclic) bond motifs is 4. The van der Waals surface area contributed by atoms with Gasteiger partial charge in [-0.15, -0.1) is 0 Å². The van der Waals surface area contributed by atoms with Gasteiger partial charge in [0.05, 0.1) is 28.8 Å². The maximum atomic E-state index is 13.8. The Bertz CT molecular complexity index is 2040. The van der Waals surface area contributed by atoms with E-state index in [1.54, 1.807) is 19.2 Å². The van der Waals surface area contributed by atoms with Crippen LogP contribution in [0.4, 0.5) is 0 Å². The second-order valence-corrected chi connectivity index (χ2v) is 13.7. The fourth-order valence-corrected chi connectivity index (χ4v) is 8.12. The Morgan fingerprint density at radius 2 is 1.80 bits per heavy atom. The fourth-order valence-electron chi connectivity index (χ4n) is 7.85. The van der Waals surface area contributed by atoms with Crippen molar-refractivity contribution in [3.8, 4) is 28.3 Å². The lowest BCUT2D eigenvalue weighted by Crippen LogP contribution is -2.38. The molecule has 7 nitrogen and oxygen atoms in total. The minimum atomic E-state index is -0.545. The predicted molar refractivity (Wildman–Crippen MR) is 177 cm³/mol. The molecule has 2 saturated carbocycles. The van der Waals surface area contributed by atoms with E-state index in [0.29, 0.717) is 51.3 Å². The van der Waals surface area contributed by atoms with Gasteiger partial charge in [-0.05, 0) is 97.9 Å². The SMILES string of the molecule is COc1cc(C(=O)N2CC3CCC2C3C)cc2oc(-c3cc4ccc(-c5ccc(C(N)=O)c(Cl)c5)cc4n3CC3CC3)c(C)c12. The van der Waals surface area contributed by atoms with Crippen LogP contribution < -0.4 is 10.5 Å². The average molecular weight is 622 g/mol. The summed E-state index contributed by atoms with van der Waals surface area (Å²) < 4.78 is 14.9. The fraction of sp³-hybridized carbons (Fsp3) is 0.351. The van der Waals surface area contributed by atoms with Crippen LogP contribution in [0.2, 0.25) is 5.02 Å². The number of aromatic nitrogens is 1. The van der Waals surface area contributed by atoms with Gasteiger partial charge in [0.2, 0.25) is 5.91 Å². The van der Waals surface area contributed by atoms with Crippen molar-refractivity contribution in [1.82, 2.24) is 9.47 Å². The van der Waals surface area contributed by atoms with Gasteiger partial charge in [0, 0.05) is 41.2 Å². The number of carbonyl (C=O) groups is 2. The molecule has 2 bridgehead atoms. The predicted octanol–water partition coefficient (Wildman–Crippen LogP) is 8.07. The zero-order valence-electron chi connectivity index (χ0n) is 25.7. The van der Waals surface area contributed by atoms with Crippen molar-refractivity contribution in [2.45, 2.75) is 52.1 Å². The first-order valence-corrected chi connectivity index (χ1v) is 16.2. The third-order valence-electron chi connectivity index (χ3n) is 10.6. The summed E-state index contributed by atoms with van der Waals surface area (Å²) in [5.74, 6) is 2.73. The topological polar surface area (TPSA) is 90.7 Å². The van der Waals surface area contributed by atoms with Crippen LogP contribution in [0.1, 0.15) is 58.9 Å². The molecule has 2 aromatic heterocycles. The molecule has 0 spiro atoms. The highest BCUT2D eigenvalue weighted by Gasteiger charge is 2.46. The highest BCUT2D eigenvalue weighted by Crippen LogP contribution is 2.45. The Balaban J connectivity index is 1.23. The molecule has 3 aromatic carbocycles. The zero-order valence-corrected chi connectivity index (χ0v) is 26.5. The number of piperidine rings is 1. The molecule has 45 heavy (non-hydrogen) atoms. The van der Waals surface area contributed by atoms with E-state index < -0.39 is 5.91 Å². The molecule has 8 heteroatoms. The summed E-state index contributed by atoms with van der Waals surface area (Å²) in [5.41, 5.74) is 12.1. The normalized spacial score (nSPS) is 20.9. The molecule has 3 heterocycles. The molecule has 3 fully saturated rings. The van der Waals surface area contributed by atoms with Gasteiger partial charge in [0.25, 0.3) is 5.91 Å². The first kappa shape index (κ1) is 28.3. The number of ether oxygens (including phenoxy) is 1. The molecule has 8 rings (SSSR count). The summed E-state index contributed by atoms with van der Waals surface area (Å²) in [4.78, 5) is 27.6. The number of benzene rings is 3. The number of nitrogens with two attached hydrogens (primary N) is 1. The minimum Gasteiger partial charge on any atom is -0.496 e. The molecule has 0 radical (unpaired) electrons. The smallest absolute Gasteiger partial charge is 0.254 e. The first-order chi connectivity index (χ1) is 21.7. The second-order valence-electron chi connectivity index (χ2n) is 13.2. The van der Waals surface area contributed by atoms with E-state index in [4.69, 9.17) is 26.5 Å². The minimum absolute atomic E-state index is 0.0594. The number of methoxy groups -OCH3 is 1. The second kappa shape index (κ2) is 10.4. The van der Waals surface area contributed by atoms with Gasteiger partial charge in [-0.2, -0.15) is 0 Å². The van der Waals surface area contributed by atoms with Gasteiger partial charge < -0.3 is 24.4 Å². The van der Waals surface area contributed by atoms with E-state index in [1.807, 2.05) is 18.2 Å². The summed E-state index contributed by atoms with van der Waals surface area (Å²) in [5, 5.41) is 2.34. The van der Waals surface area contributed by atoms with Crippen LogP contribution in [0, 0.1) is 24.7 Å². The lowest BCUT2D eigenvalue weighted by atomic mass is 10.0. The summed E-state index contributed by atoms with van der Waals surface area (Å²) in [6.45, 7) is 6.06. The quantitative estimate of drug-likeness (QED) is 0.199. The molecule has 230 valence electrons. The summed E-state index contributed by atoms with van der Waals surface area (Å²) in [6.07, 6.45) is 4.71. The van der Waals surface area contributed by atoms with Gasteiger partial charge in [-0.1, -0.05) is 36.7 Å². The van der Waals surface area contributed by atoms with Crippen molar-refractivity contribution in [3.05, 3.63) is 76.3 Å². The molecule has 2 amide bonds. The van der Waals surface area contributed by atoms with Crippen LogP contribution in [0.25, 0.3) is 44.5 Å². The standard InChI is InChI=1S/C37H36ClN3O4/c1-19-25-9-11-29(19)41(18-25)37(43)26-15-32(44-3)34-20(2)35(45-33(34)16-26)31-14-24-7-6-23(13-30(24)40(31)17-21-4-5-21)22-8-10-27(36(39)42)28(38)12-22/h6-8,10,12-16,19,21,25,29H,4-5,9,11,17-18H2,1-3H3,(H2,39,42). The molecule has 5 aromatic rings. The average Bonchev–Trinajstić information content (AvgIpc) is 3.44. The van der Waals surface area contributed by atoms with E-state index >= 15 is 0 Å². The largest absolute Gasteiger partial charge is 0.496 e. The van der Waals surface area contributed by atoms with Crippen LogP contribution in [-0.2, 0) is 6.54 Å². The van der Waals surface area contributed by atoms with Crippen LogP contribution in [0.15, 0.2) is 59.0 Å². The van der Waals surface area contributed by atoms with Crippen LogP contribution in [0.5, 0.6) is 5.75 Å². The maximum absolute atomic E-state index is 13.8. The number of aryl methyl sites for hydroxylation is 1. The molecular formula is C37H36ClN3O4. The number of amides is 2. The van der Waals surface area contributed by atoms with Crippen molar-refractivity contribution in [3.63, 3.8) is 0 Å². The number of nitrogens with zero attached hydrogens (tertiary/aromatic N) is 2. The molecule has 3 aliphatic rings. The Morgan fingerprint density at radius 1 is 1.02 bits per heavy atom. The monoisotopic (exact) mass is 621 g/mol. The zero-order chi connectivity index (χ0) is 31.1. The summed E-state index contributed by atoms with van der Waals surface area (Å²) in [6, 6.07) is 18.0. The molecule has 1 aliphatic heterocycles. The molecule has 1 saturated heterocycles. The third kappa shape index (κ3) is 4.54. The number of primary amides is 1. The number of carbonyl (C=O) groups excluding carboxylic acids is 2. The lowest BCUT2D eigenvalue weighted by Gasteiger charge is -2.27. The highest BCUT2D eigenvalue weighted by atomic mass is 35.5. The number of hydrogen-bond acceptors (Lipinski definition) is 4. The lowest BCUT2D eigenvalue weighted by molar-refractivity contribution is 0.0695. The number of hydrogen-bond donors (Lipinski definition) is 1. The van der Waals surface area contributed by atoms with Gasteiger partial charge in [-0.25, -0.2) is 0 Å². The molecule has 2 N–H and O–H groups in total. The van der Waals surface area contributed by atoms with E-state index in [9.17, 15) is 9.59 Å². The Labute approximate surface area is 266 Å². The summed E-state index contributed by atoms with van der Waals surface area (Å²) in [7, 11) is 1.66. The van der Waals surface area contributed by atoms with Gasteiger partial charge in [-0.3, -0.25) is 9.59 Å². The number of rotatable bonds is 7. The molecule has 3 unspecified atom stereocenters. The number of halogens is 1. The molecule has 3 atom stereocenters. The van der Waals surface area contributed by atoms with Crippen LogP contribution >= 0.6 is 11.6 Å². The van der Waals surface area contributed by atoms with E-state index in [0.717, 1.165) is 63.9 Å². The van der Waals surface area contributed by atoms with E-state index in [-0.39, 0.29) is 5.91 Å². The molecular weight excluding hydrogens is 586 g/mol. The van der Waals surface area contributed by atoms with Crippen molar-refractivity contribution >= 4 is 45.3 Å². The third-order valence-corrected chi connectivity index (χ3v) is 10.9. The maximum Gasteiger partial charge on any atom is 0.254 e. The number of likely N-dealkylation sites (tertiary alicyclic amines) is 1. The van der Waals surface area contributed by atoms with Crippen LogP contribution in [-0.4, -0.2) is 41.0 Å². The Morgan fingerprint density at radius 3 is 2.47 bits per heavy atom. The van der Waals surface area contributed by atoms with E-state index in [1.165, 1.54) is 19.3 Å². The highest BCUT2D eigenvalue weighted by molar-refractivity contribution is 6.34. The van der Waals surface area contributed by atoms with E-state index in [2.05, 4.69) is 47.6 Å². The number of furan rings is 1. The Kier molecular flexibility index (Phi) is 6.54. The van der Waals surface area contributed by atoms with Gasteiger partial charge in [0.15, 0.2) is 5.76 Å². The Hall–Kier alpha value is -4.23. The first-order valence-electron chi connectivity index (χ1n) is 15.9. The van der Waals surface area contributed by atoms with Crippen molar-refractivity contribution in [2.24, 2.45) is 23.5 Å². The van der Waals surface area contributed by atoms with Crippen molar-refractivity contribution in [2.75, 3.05) is 13.7 Å².